The lowest BCUT2D eigenvalue weighted by molar-refractivity contribution is 0.480. The van der Waals surface area contributed by atoms with Gasteiger partial charge in [0, 0.05) is 5.56 Å². The van der Waals surface area contributed by atoms with Crippen molar-refractivity contribution < 1.29 is 25.9 Å². The van der Waals surface area contributed by atoms with E-state index in [2.05, 4.69) is 0 Å². The van der Waals surface area contributed by atoms with Crippen molar-refractivity contribution >= 4 is 31.6 Å². The van der Waals surface area contributed by atoms with Crippen LogP contribution in [0.15, 0.2) is 34.1 Å². The first-order valence-electron chi connectivity index (χ1n) is 6.58. The first-order chi connectivity index (χ1) is 10.8. The van der Waals surface area contributed by atoms with Crippen LogP contribution in [-0.4, -0.2) is 25.9 Å². The summed E-state index contributed by atoms with van der Waals surface area (Å²) in [4.78, 5) is -0.715. The molecule has 2 aromatic rings. The Kier molecular flexibility index (Phi) is 4.35. The zero-order valence-corrected chi connectivity index (χ0v) is 14.4. The summed E-state index contributed by atoms with van der Waals surface area (Å²) >= 11 is 0. The highest BCUT2D eigenvalue weighted by atomic mass is 32.2. The molecule has 6 N–H and O–H groups in total. The van der Waals surface area contributed by atoms with Crippen LogP contribution in [0.2, 0.25) is 0 Å². The van der Waals surface area contributed by atoms with Crippen LogP contribution in [0, 0.1) is 13.8 Å². The number of anilines is 2. The third-order valence-electron chi connectivity index (χ3n) is 3.62. The second-order valence-electron chi connectivity index (χ2n) is 5.31. The molecule has 8 nitrogen and oxygen atoms in total. The highest BCUT2D eigenvalue weighted by molar-refractivity contribution is 7.86. The maximum atomic E-state index is 11.7. The van der Waals surface area contributed by atoms with Crippen LogP contribution < -0.4 is 11.5 Å². The molecule has 2 aromatic carbocycles. The van der Waals surface area contributed by atoms with E-state index in [4.69, 9.17) is 16.0 Å². The minimum Gasteiger partial charge on any atom is -0.397 e. The number of benzene rings is 2. The Bertz CT molecular complexity index is 1040. The third-order valence-corrected chi connectivity index (χ3v) is 5.68. The molecule has 0 fully saturated rings. The molecule has 0 radical (unpaired) electrons. The fraction of sp³-hybridized carbons (Fsp3) is 0.143. The van der Waals surface area contributed by atoms with Crippen LogP contribution in [0.5, 0.6) is 0 Å². The van der Waals surface area contributed by atoms with E-state index in [-0.39, 0.29) is 33.0 Å². The van der Waals surface area contributed by atoms with E-state index >= 15 is 0 Å². The van der Waals surface area contributed by atoms with Crippen molar-refractivity contribution in [2.45, 2.75) is 23.6 Å². The van der Waals surface area contributed by atoms with Gasteiger partial charge in [-0.05, 0) is 42.7 Å². The van der Waals surface area contributed by atoms with Gasteiger partial charge in [-0.25, -0.2) is 0 Å². The molecule has 0 saturated heterocycles. The van der Waals surface area contributed by atoms with E-state index in [0.717, 1.165) is 6.07 Å². The summed E-state index contributed by atoms with van der Waals surface area (Å²) in [5.41, 5.74) is 12.3. The predicted octanol–water partition coefficient (Wildman–Crippen LogP) is 1.63. The lowest BCUT2D eigenvalue weighted by atomic mass is 9.99. The van der Waals surface area contributed by atoms with Gasteiger partial charge in [0.15, 0.2) is 0 Å². The predicted molar refractivity (Wildman–Crippen MR) is 89.8 cm³/mol. The van der Waals surface area contributed by atoms with E-state index < -0.39 is 25.1 Å². The molecule has 0 spiro atoms. The van der Waals surface area contributed by atoms with Crippen LogP contribution >= 0.6 is 0 Å². The van der Waals surface area contributed by atoms with Crippen molar-refractivity contribution in [2.24, 2.45) is 0 Å². The topological polar surface area (TPSA) is 161 Å². The molecule has 0 amide bonds. The number of hydrogen-bond donors (Lipinski definition) is 4. The quantitative estimate of drug-likeness (QED) is 0.467. The summed E-state index contributed by atoms with van der Waals surface area (Å²) < 4.78 is 64.7. The average Bonchev–Trinajstić information content (AvgIpc) is 2.41. The molecule has 0 unspecified atom stereocenters. The van der Waals surface area contributed by atoms with E-state index in [1.54, 1.807) is 0 Å². The minimum atomic E-state index is -4.61. The third kappa shape index (κ3) is 3.22. The Morgan fingerprint density at radius 3 is 1.96 bits per heavy atom. The van der Waals surface area contributed by atoms with Gasteiger partial charge in [-0.15, -0.1) is 0 Å². The van der Waals surface area contributed by atoms with Gasteiger partial charge in [0.25, 0.3) is 20.2 Å². The smallest absolute Gasteiger partial charge is 0.295 e. The summed E-state index contributed by atoms with van der Waals surface area (Å²) in [5, 5.41) is 0. The molecule has 0 bridgehead atoms. The molecule has 0 atom stereocenters. The maximum absolute atomic E-state index is 11.7. The van der Waals surface area contributed by atoms with Crippen LogP contribution in [0.25, 0.3) is 11.1 Å². The minimum absolute atomic E-state index is 0.0256. The molecule has 130 valence electrons. The average molecular weight is 372 g/mol. The zero-order valence-electron chi connectivity index (χ0n) is 12.8. The summed E-state index contributed by atoms with van der Waals surface area (Å²) in [6, 6.07) is 5.08. The highest BCUT2D eigenvalue weighted by Gasteiger charge is 2.24. The van der Waals surface area contributed by atoms with Gasteiger partial charge in [0.2, 0.25) is 0 Å². The van der Waals surface area contributed by atoms with Crippen LogP contribution in [0.3, 0.4) is 0 Å². The monoisotopic (exact) mass is 372 g/mol. The number of nitrogens with two attached hydrogens (primary N) is 2. The van der Waals surface area contributed by atoms with Crippen LogP contribution in [0.4, 0.5) is 11.4 Å². The summed E-state index contributed by atoms with van der Waals surface area (Å²) in [5.74, 6) is 0. The molecule has 0 heterocycles. The zero-order chi connectivity index (χ0) is 18.4. The van der Waals surface area contributed by atoms with Gasteiger partial charge in [0.1, 0.15) is 4.90 Å². The Morgan fingerprint density at radius 1 is 0.917 bits per heavy atom. The standard InChI is InChI=1S/C14H16N2O6S2/c1-7-5-9(3-4-12(7)23(17,18)19)10-6-11(15)13(16)8(2)14(10)24(20,21)22/h3-6H,15-16H2,1-2H3,(H,17,18,19)(H,20,21,22). The number of nitrogen functional groups attached to an aromatic ring is 2. The van der Waals surface area contributed by atoms with Crippen molar-refractivity contribution in [3.8, 4) is 11.1 Å². The maximum Gasteiger partial charge on any atom is 0.295 e. The molecule has 0 aromatic heterocycles. The molecule has 10 heteroatoms. The first kappa shape index (κ1) is 18.2. The fourth-order valence-electron chi connectivity index (χ4n) is 2.49. The van der Waals surface area contributed by atoms with E-state index in [1.807, 2.05) is 0 Å². The molecule has 2 rings (SSSR count). The summed E-state index contributed by atoms with van der Waals surface area (Å²) in [6.45, 7) is 2.84. The molecule has 24 heavy (non-hydrogen) atoms. The van der Waals surface area contributed by atoms with Gasteiger partial charge in [-0.3, -0.25) is 9.11 Å². The Hall–Kier alpha value is -2.14. The van der Waals surface area contributed by atoms with Gasteiger partial charge in [0.05, 0.1) is 16.3 Å². The molecule has 0 aliphatic carbocycles. The van der Waals surface area contributed by atoms with E-state index in [1.165, 1.54) is 32.0 Å². The number of hydrogen-bond acceptors (Lipinski definition) is 6. The Labute approximate surface area is 139 Å². The largest absolute Gasteiger partial charge is 0.397 e. The van der Waals surface area contributed by atoms with Crippen molar-refractivity contribution in [2.75, 3.05) is 11.5 Å². The van der Waals surface area contributed by atoms with Crippen molar-refractivity contribution in [3.05, 3.63) is 35.4 Å². The Balaban J connectivity index is 2.86. The molecular formula is C14H16N2O6S2. The summed E-state index contributed by atoms with van der Waals surface area (Å²) in [6.07, 6.45) is 0. The normalized spacial score (nSPS) is 12.3. The SMILES string of the molecule is Cc1cc(-c2cc(N)c(N)c(C)c2S(=O)(=O)O)ccc1S(=O)(=O)O. The second-order valence-corrected chi connectivity index (χ2v) is 8.06. The van der Waals surface area contributed by atoms with E-state index in [0.29, 0.717) is 5.56 Å². The molecule has 0 aliphatic rings. The number of aryl methyl sites for hydroxylation is 1. The van der Waals surface area contributed by atoms with Gasteiger partial charge < -0.3 is 11.5 Å². The number of rotatable bonds is 3. The van der Waals surface area contributed by atoms with Crippen molar-refractivity contribution in [1.29, 1.82) is 0 Å². The van der Waals surface area contributed by atoms with Gasteiger partial charge >= 0.3 is 0 Å². The lowest BCUT2D eigenvalue weighted by Gasteiger charge is -2.15. The molecule has 0 saturated carbocycles. The van der Waals surface area contributed by atoms with Crippen LogP contribution in [-0.2, 0) is 20.2 Å². The van der Waals surface area contributed by atoms with Crippen molar-refractivity contribution in [1.82, 2.24) is 0 Å². The molecular weight excluding hydrogens is 356 g/mol. The fourth-order valence-corrected chi connectivity index (χ4v) is 4.15. The van der Waals surface area contributed by atoms with Crippen LogP contribution in [0.1, 0.15) is 11.1 Å². The first-order valence-corrected chi connectivity index (χ1v) is 9.46. The van der Waals surface area contributed by atoms with Crippen molar-refractivity contribution in [3.63, 3.8) is 0 Å². The highest BCUT2D eigenvalue weighted by Crippen LogP contribution is 2.37. The van der Waals surface area contributed by atoms with Gasteiger partial charge in [-0.1, -0.05) is 12.1 Å². The van der Waals surface area contributed by atoms with Gasteiger partial charge in [-0.2, -0.15) is 16.8 Å². The Morgan fingerprint density at radius 2 is 1.50 bits per heavy atom. The summed E-state index contributed by atoms with van der Waals surface area (Å²) in [7, 11) is -9.01. The molecule has 0 aliphatic heterocycles. The van der Waals surface area contributed by atoms with E-state index in [9.17, 15) is 21.4 Å². The lowest BCUT2D eigenvalue weighted by Crippen LogP contribution is -2.09. The second kappa shape index (κ2) is 5.74.